The van der Waals surface area contributed by atoms with Crippen LogP contribution in [0.3, 0.4) is 0 Å². The van der Waals surface area contributed by atoms with Crippen LogP contribution in [-0.2, 0) is 0 Å². The Morgan fingerprint density at radius 3 is 2.50 bits per heavy atom. The monoisotopic (exact) mass is 301 g/mol. The third kappa shape index (κ3) is 3.08. The van der Waals surface area contributed by atoms with E-state index in [9.17, 15) is 4.79 Å². The summed E-state index contributed by atoms with van der Waals surface area (Å²) >= 11 is 3.34. The van der Waals surface area contributed by atoms with E-state index < -0.39 is 0 Å². The van der Waals surface area contributed by atoms with Crippen LogP contribution in [0.4, 0.5) is 5.69 Å². The smallest absolute Gasteiger partial charge is 0.185 e. The molecular formula is C15H12BrNO. The second-order valence-electron chi connectivity index (χ2n) is 3.84. The summed E-state index contributed by atoms with van der Waals surface area (Å²) in [5.74, 6) is -0.0297. The van der Waals surface area contributed by atoms with Crippen molar-refractivity contribution in [2.75, 3.05) is 5.73 Å². The maximum Gasteiger partial charge on any atom is 0.185 e. The number of anilines is 1. The summed E-state index contributed by atoms with van der Waals surface area (Å²) in [6.07, 6.45) is 3.27. The summed E-state index contributed by atoms with van der Waals surface area (Å²) in [5, 5.41) is 0. The SMILES string of the molecule is Nc1cc(Br)ccc1/C=C/C(=O)c1ccccc1. The van der Waals surface area contributed by atoms with E-state index >= 15 is 0 Å². The summed E-state index contributed by atoms with van der Waals surface area (Å²) in [7, 11) is 0. The minimum atomic E-state index is -0.0297. The molecule has 0 radical (unpaired) electrons. The minimum Gasteiger partial charge on any atom is -0.398 e. The molecule has 2 aromatic carbocycles. The van der Waals surface area contributed by atoms with E-state index in [1.807, 2.05) is 36.4 Å². The van der Waals surface area contributed by atoms with Crippen LogP contribution < -0.4 is 5.73 Å². The van der Waals surface area contributed by atoms with E-state index in [-0.39, 0.29) is 5.78 Å². The predicted molar refractivity (Wildman–Crippen MR) is 78.4 cm³/mol. The second kappa shape index (κ2) is 5.65. The van der Waals surface area contributed by atoms with Crippen LogP contribution in [0.15, 0.2) is 59.1 Å². The van der Waals surface area contributed by atoms with Crippen molar-refractivity contribution in [3.8, 4) is 0 Å². The maximum atomic E-state index is 11.9. The highest BCUT2D eigenvalue weighted by molar-refractivity contribution is 9.10. The number of hydrogen-bond donors (Lipinski definition) is 1. The van der Waals surface area contributed by atoms with Crippen LogP contribution in [0.25, 0.3) is 6.08 Å². The minimum absolute atomic E-state index is 0.0297. The lowest BCUT2D eigenvalue weighted by Gasteiger charge is -2.00. The van der Waals surface area contributed by atoms with Gasteiger partial charge in [0.1, 0.15) is 0 Å². The van der Waals surface area contributed by atoms with E-state index in [1.165, 1.54) is 6.08 Å². The zero-order valence-corrected chi connectivity index (χ0v) is 11.2. The van der Waals surface area contributed by atoms with Crippen LogP contribution in [0.5, 0.6) is 0 Å². The molecule has 2 nitrogen and oxygen atoms in total. The first-order valence-corrected chi connectivity index (χ1v) is 6.28. The second-order valence-corrected chi connectivity index (χ2v) is 4.75. The van der Waals surface area contributed by atoms with Gasteiger partial charge >= 0.3 is 0 Å². The van der Waals surface area contributed by atoms with E-state index in [0.29, 0.717) is 11.3 Å². The van der Waals surface area contributed by atoms with Crippen LogP contribution in [0.2, 0.25) is 0 Å². The van der Waals surface area contributed by atoms with Gasteiger partial charge in [0, 0.05) is 15.7 Å². The normalized spacial score (nSPS) is 10.7. The Morgan fingerprint density at radius 2 is 1.83 bits per heavy atom. The molecule has 2 N–H and O–H groups in total. The zero-order chi connectivity index (χ0) is 13.0. The van der Waals surface area contributed by atoms with Gasteiger partial charge in [0.25, 0.3) is 0 Å². The maximum absolute atomic E-state index is 11.9. The standard InChI is InChI=1S/C15H12BrNO/c16-13-8-6-11(14(17)10-13)7-9-15(18)12-4-2-1-3-5-12/h1-10H,17H2/b9-7+. The molecule has 0 saturated heterocycles. The summed E-state index contributed by atoms with van der Waals surface area (Å²) in [6.45, 7) is 0. The molecule has 0 bridgehead atoms. The largest absolute Gasteiger partial charge is 0.398 e. The molecule has 0 unspecified atom stereocenters. The van der Waals surface area contributed by atoms with Gasteiger partial charge in [-0.3, -0.25) is 4.79 Å². The number of benzene rings is 2. The molecular weight excluding hydrogens is 290 g/mol. The number of ketones is 1. The number of allylic oxidation sites excluding steroid dienone is 1. The van der Waals surface area contributed by atoms with Crippen molar-refractivity contribution in [2.24, 2.45) is 0 Å². The lowest BCUT2D eigenvalue weighted by Crippen LogP contribution is -1.94. The van der Waals surface area contributed by atoms with E-state index in [1.54, 1.807) is 18.2 Å². The van der Waals surface area contributed by atoms with Gasteiger partial charge in [0.05, 0.1) is 0 Å². The number of hydrogen-bond acceptors (Lipinski definition) is 2. The molecule has 2 rings (SSSR count). The van der Waals surface area contributed by atoms with E-state index in [2.05, 4.69) is 15.9 Å². The molecule has 0 atom stereocenters. The molecule has 0 amide bonds. The number of carbonyl (C=O) groups excluding carboxylic acids is 1. The predicted octanol–water partition coefficient (Wildman–Crippen LogP) is 3.93. The molecule has 3 heteroatoms. The van der Waals surface area contributed by atoms with Crippen LogP contribution >= 0.6 is 15.9 Å². The lowest BCUT2D eigenvalue weighted by molar-refractivity contribution is 0.104. The average Bonchev–Trinajstić information content (AvgIpc) is 2.38. The average molecular weight is 302 g/mol. The summed E-state index contributed by atoms with van der Waals surface area (Å²) in [5.41, 5.74) is 8.00. The van der Waals surface area contributed by atoms with Gasteiger partial charge in [-0.05, 0) is 29.8 Å². The fourth-order valence-corrected chi connectivity index (χ4v) is 1.94. The summed E-state index contributed by atoms with van der Waals surface area (Å²) in [6, 6.07) is 14.7. The Labute approximate surface area is 114 Å². The molecule has 18 heavy (non-hydrogen) atoms. The zero-order valence-electron chi connectivity index (χ0n) is 9.64. The number of carbonyl (C=O) groups is 1. The molecule has 90 valence electrons. The number of nitrogens with two attached hydrogens (primary N) is 1. The molecule has 2 aromatic rings. The first kappa shape index (κ1) is 12.6. The van der Waals surface area contributed by atoms with Crippen molar-refractivity contribution >= 4 is 33.5 Å². The fraction of sp³-hybridized carbons (Fsp3) is 0. The van der Waals surface area contributed by atoms with Gasteiger partial charge in [0.2, 0.25) is 0 Å². The van der Waals surface area contributed by atoms with E-state index in [4.69, 9.17) is 5.73 Å². The lowest BCUT2D eigenvalue weighted by atomic mass is 10.1. The number of halogens is 1. The van der Waals surface area contributed by atoms with Gasteiger partial charge < -0.3 is 5.73 Å². The topological polar surface area (TPSA) is 43.1 Å². The van der Waals surface area contributed by atoms with Crippen molar-refractivity contribution in [1.82, 2.24) is 0 Å². The first-order valence-electron chi connectivity index (χ1n) is 5.49. The first-order chi connectivity index (χ1) is 8.66. The Hall–Kier alpha value is -1.87. The molecule has 0 fully saturated rings. The molecule has 0 aromatic heterocycles. The van der Waals surface area contributed by atoms with Crippen molar-refractivity contribution < 1.29 is 4.79 Å². The van der Waals surface area contributed by atoms with Crippen molar-refractivity contribution in [3.05, 3.63) is 70.2 Å². The van der Waals surface area contributed by atoms with Gasteiger partial charge in [-0.2, -0.15) is 0 Å². The molecule has 0 aliphatic heterocycles. The Kier molecular flexibility index (Phi) is 3.95. The highest BCUT2D eigenvalue weighted by atomic mass is 79.9. The Morgan fingerprint density at radius 1 is 1.11 bits per heavy atom. The Bertz CT molecular complexity index is 591. The fourth-order valence-electron chi connectivity index (χ4n) is 1.56. The molecule has 0 spiro atoms. The summed E-state index contributed by atoms with van der Waals surface area (Å²) in [4.78, 5) is 11.9. The number of nitrogen functional groups attached to an aromatic ring is 1. The third-order valence-corrected chi connectivity index (χ3v) is 3.01. The molecule has 0 aliphatic rings. The number of rotatable bonds is 3. The van der Waals surface area contributed by atoms with Gasteiger partial charge in [-0.25, -0.2) is 0 Å². The quantitative estimate of drug-likeness (QED) is 0.530. The highest BCUT2D eigenvalue weighted by Crippen LogP contribution is 2.19. The van der Waals surface area contributed by atoms with Gasteiger partial charge in [0.15, 0.2) is 5.78 Å². The molecule has 0 aliphatic carbocycles. The van der Waals surface area contributed by atoms with Crippen LogP contribution in [0, 0.1) is 0 Å². The van der Waals surface area contributed by atoms with Crippen molar-refractivity contribution in [2.45, 2.75) is 0 Å². The van der Waals surface area contributed by atoms with Crippen LogP contribution in [0.1, 0.15) is 15.9 Å². The van der Waals surface area contributed by atoms with Gasteiger partial charge in [-0.1, -0.05) is 52.3 Å². The third-order valence-electron chi connectivity index (χ3n) is 2.52. The molecule has 0 saturated carbocycles. The Balaban J connectivity index is 2.19. The van der Waals surface area contributed by atoms with Crippen LogP contribution in [-0.4, -0.2) is 5.78 Å². The molecule has 0 heterocycles. The van der Waals surface area contributed by atoms with Crippen molar-refractivity contribution in [1.29, 1.82) is 0 Å². The van der Waals surface area contributed by atoms with Gasteiger partial charge in [-0.15, -0.1) is 0 Å². The summed E-state index contributed by atoms with van der Waals surface area (Å²) < 4.78 is 0.923. The van der Waals surface area contributed by atoms with Crippen molar-refractivity contribution in [3.63, 3.8) is 0 Å². The highest BCUT2D eigenvalue weighted by Gasteiger charge is 2.01. The van der Waals surface area contributed by atoms with E-state index in [0.717, 1.165) is 10.0 Å².